The van der Waals surface area contributed by atoms with Crippen LogP contribution in [-0.2, 0) is 0 Å². The van der Waals surface area contributed by atoms with Crippen LogP contribution in [0, 0.1) is 13.8 Å². The molecule has 1 aliphatic heterocycles. The summed E-state index contributed by atoms with van der Waals surface area (Å²) in [5.74, 6) is 1.15. The minimum Gasteiger partial charge on any atom is -0.493 e. The Kier molecular flexibility index (Phi) is 16.3. The number of benzene rings is 8. The maximum absolute atomic E-state index is 15.5. The lowest BCUT2D eigenvalue weighted by Gasteiger charge is -2.35. The first-order valence-corrected chi connectivity index (χ1v) is 28.3. The summed E-state index contributed by atoms with van der Waals surface area (Å²) in [6.07, 6.45) is 27.1. The number of carbonyl (C=O) groups is 2. The van der Waals surface area contributed by atoms with E-state index in [0.717, 1.165) is 108 Å². The average Bonchev–Trinajstić information content (AvgIpc) is 3.36. The van der Waals surface area contributed by atoms with Gasteiger partial charge in [-0.25, -0.2) is 0 Å². The predicted octanol–water partition coefficient (Wildman–Crippen LogP) is 19.4. The average molecular weight is 940 g/mol. The molecule has 0 N–H and O–H groups in total. The number of hydrogen-bond acceptors (Lipinski definition) is 4. The minimum absolute atomic E-state index is 0.157. The van der Waals surface area contributed by atoms with Crippen LogP contribution < -0.4 is 9.47 Å². The Bertz CT molecular complexity index is 2900. The Balaban J connectivity index is 1.27. The molecule has 0 aliphatic carbocycles. The molecule has 0 saturated carbocycles. The number of nitrogens with zero attached hydrogens (tertiary/aromatic N) is 1. The van der Waals surface area contributed by atoms with E-state index in [4.69, 9.17) is 9.47 Å². The molecule has 0 bridgehead atoms. The molecule has 2 amide bonds. The van der Waals surface area contributed by atoms with Crippen LogP contribution in [0.4, 0.5) is 0 Å². The fraction of sp³-hybridized carbons (Fsp3) is 0.508. The third-order valence-electron chi connectivity index (χ3n) is 16.2. The highest BCUT2D eigenvalue weighted by atomic mass is 16.5. The zero-order valence-corrected chi connectivity index (χ0v) is 43.8. The Morgan fingerprint density at radius 2 is 0.714 bits per heavy atom. The molecule has 0 unspecified atom stereocenters. The fourth-order valence-corrected chi connectivity index (χ4v) is 12.5. The van der Waals surface area contributed by atoms with Crippen LogP contribution in [0.2, 0.25) is 0 Å². The molecule has 9 rings (SSSR count). The lowest BCUT2D eigenvalue weighted by molar-refractivity contribution is 0.0516. The normalized spacial score (nSPS) is 13.2. The van der Waals surface area contributed by atoms with Crippen LogP contribution in [0.3, 0.4) is 0 Å². The second kappa shape index (κ2) is 22.9. The maximum atomic E-state index is 15.5. The van der Waals surface area contributed by atoms with Crippen molar-refractivity contribution in [1.29, 1.82) is 0 Å². The Morgan fingerprint density at radius 1 is 0.371 bits per heavy atom. The van der Waals surface area contributed by atoms with E-state index < -0.39 is 0 Å². The topological polar surface area (TPSA) is 55.8 Å². The molecule has 1 aliphatic rings. The number of rotatable bonds is 29. The van der Waals surface area contributed by atoms with Gasteiger partial charge in [-0.05, 0) is 117 Å². The van der Waals surface area contributed by atoms with Crippen molar-refractivity contribution in [2.24, 2.45) is 0 Å². The molecule has 0 radical (unpaired) electrons. The van der Waals surface area contributed by atoms with Crippen LogP contribution in [0.15, 0.2) is 60.7 Å². The summed E-state index contributed by atoms with van der Waals surface area (Å²) in [6, 6.07) is 22.4. The predicted molar refractivity (Wildman–Crippen MR) is 300 cm³/mol. The molecular weight excluding hydrogens is 859 g/mol. The number of ether oxygens (including phenoxy) is 2. The van der Waals surface area contributed by atoms with Crippen LogP contribution in [0.25, 0.3) is 75.4 Å². The first-order valence-electron chi connectivity index (χ1n) is 28.3. The second-order valence-corrected chi connectivity index (χ2v) is 21.3. The first kappa shape index (κ1) is 49.8. The van der Waals surface area contributed by atoms with E-state index in [1.54, 1.807) is 4.90 Å². The SMILES string of the molecule is CCCCCCCCOc1cc2c3c(cc(OCCCCCCCC)c4c5ccc6c7ccc(C)c8c(C)ccc(c9ccc(c1c34)c5c96)c87)C(=O)N(C(CCCCCCC)CCCCCCC)C2=O. The fourth-order valence-electron chi connectivity index (χ4n) is 12.5. The van der Waals surface area contributed by atoms with Gasteiger partial charge in [-0.1, -0.05) is 205 Å². The molecule has 1 heterocycles. The lowest BCUT2D eigenvalue weighted by Crippen LogP contribution is -2.47. The molecule has 370 valence electrons. The molecule has 5 heteroatoms. The first-order chi connectivity index (χ1) is 34.3. The van der Waals surface area contributed by atoms with E-state index >= 15 is 9.59 Å². The van der Waals surface area contributed by atoms with Crippen LogP contribution in [0.1, 0.15) is 214 Å². The summed E-state index contributed by atoms with van der Waals surface area (Å²) < 4.78 is 14.2. The molecule has 5 nitrogen and oxygen atoms in total. The Labute approximate surface area is 418 Å². The summed E-state index contributed by atoms with van der Waals surface area (Å²) in [7, 11) is 0. The van der Waals surface area contributed by atoms with Crippen LogP contribution in [-0.4, -0.2) is 36.0 Å². The van der Waals surface area contributed by atoms with E-state index in [0.29, 0.717) is 24.3 Å². The number of fused-ring (bicyclic) bond motifs is 4. The third kappa shape index (κ3) is 9.52. The number of hydrogen-bond donors (Lipinski definition) is 0. The van der Waals surface area contributed by atoms with Gasteiger partial charge in [0, 0.05) is 27.6 Å². The number of unbranched alkanes of at least 4 members (excludes halogenated alkanes) is 18. The van der Waals surface area contributed by atoms with Crippen molar-refractivity contribution >= 4 is 87.2 Å². The van der Waals surface area contributed by atoms with E-state index in [-0.39, 0.29) is 17.9 Å². The van der Waals surface area contributed by atoms with Crippen molar-refractivity contribution in [2.75, 3.05) is 13.2 Å². The highest BCUT2D eigenvalue weighted by Gasteiger charge is 2.40. The van der Waals surface area contributed by atoms with Gasteiger partial charge in [0.05, 0.1) is 24.3 Å². The molecule has 70 heavy (non-hydrogen) atoms. The van der Waals surface area contributed by atoms with Gasteiger partial charge in [0.1, 0.15) is 11.5 Å². The smallest absolute Gasteiger partial charge is 0.261 e. The zero-order chi connectivity index (χ0) is 48.7. The van der Waals surface area contributed by atoms with Crippen molar-refractivity contribution in [3.63, 3.8) is 0 Å². The van der Waals surface area contributed by atoms with Crippen molar-refractivity contribution in [3.8, 4) is 11.5 Å². The largest absolute Gasteiger partial charge is 0.493 e. The summed E-state index contributed by atoms with van der Waals surface area (Å²) in [5, 5.41) is 16.0. The maximum Gasteiger partial charge on any atom is 0.261 e. The third-order valence-corrected chi connectivity index (χ3v) is 16.2. The summed E-state index contributed by atoms with van der Waals surface area (Å²) >= 11 is 0. The second-order valence-electron chi connectivity index (χ2n) is 21.3. The van der Waals surface area contributed by atoms with Crippen molar-refractivity contribution in [2.45, 2.75) is 202 Å². The highest BCUT2D eigenvalue weighted by Crippen LogP contribution is 2.54. The summed E-state index contributed by atoms with van der Waals surface area (Å²) in [6.45, 7) is 14.6. The molecule has 0 saturated heterocycles. The highest BCUT2D eigenvalue weighted by molar-refractivity contribution is 6.45. The molecule has 0 fully saturated rings. The monoisotopic (exact) mass is 940 g/mol. The molecule has 0 atom stereocenters. The van der Waals surface area contributed by atoms with E-state index in [1.165, 1.54) is 144 Å². The van der Waals surface area contributed by atoms with Gasteiger partial charge in [0.25, 0.3) is 11.8 Å². The minimum atomic E-state index is -0.168. The Hall–Kier alpha value is -5.16. The van der Waals surface area contributed by atoms with Crippen molar-refractivity contribution in [3.05, 3.63) is 82.9 Å². The van der Waals surface area contributed by atoms with E-state index in [2.05, 4.69) is 90.1 Å². The molecule has 0 spiro atoms. The number of imide groups is 1. The van der Waals surface area contributed by atoms with Gasteiger partial charge in [-0.2, -0.15) is 0 Å². The molecule has 0 aromatic heterocycles. The quantitative estimate of drug-likeness (QED) is 0.0203. The van der Waals surface area contributed by atoms with E-state index in [9.17, 15) is 0 Å². The molecule has 8 aromatic carbocycles. The number of carbonyl (C=O) groups excluding carboxylic acids is 2. The number of aryl methyl sites for hydroxylation is 2. The Morgan fingerprint density at radius 3 is 1.14 bits per heavy atom. The van der Waals surface area contributed by atoms with Gasteiger partial charge in [-0.3, -0.25) is 14.5 Å². The van der Waals surface area contributed by atoms with Gasteiger partial charge >= 0.3 is 0 Å². The van der Waals surface area contributed by atoms with Gasteiger partial charge in [0.2, 0.25) is 0 Å². The standard InChI is InChI=1S/C65H81NO4/c1-7-11-15-19-23-27-39-69-54-41-52-60-53(65(68)66(64(52)67)45(29-25-21-17-13-9-3)30-26-22-18-14-10-4)42-55(70-40-28-24-20-16-12-8-2)62-51-38-36-49-47-34-32-44(6)56-43(5)31-33-46(57(47)56)48-35-37-50(59(51)58(48)49)61(54)63(60)62/h31-38,41-42,45H,7-30,39-40H2,1-6H3. The zero-order valence-electron chi connectivity index (χ0n) is 43.8. The van der Waals surface area contributed by atoms with Crippen LogP contribution >= 0.6 is 0 Å². The lowest BCUT2D eigenvalue weighted by atomic mass is 9.80. The van der Waals surface area contributed by atoms with Crippen LogP contribution in [0.5, 0.6) is 11.5 Å². The van der Waals surface area contributed by atoms with Crippen molar-refractivity contribution < 1.29 is 19.1 Å². The number of amides is 2. The van der Waals surface area contributed by atoms with Gasteiger partial charge < -0.3 is 9.47 Å². The summed E-state index contributed by atoms with van der Waals surface area (Å²) in [4.78, 5) is 32.8. The van der Waals surface area contributed by atoms with E-state index in [1.807, 2.05) is 12.1 Å². The van der Waals surface area contributed by atoms with Gasteiger partial charge in [0.15, 0.2) is 0 Å². The van der Waals surface area contributed by atoms with Gasteiger partial charge in [-0.15, -0.1) is 0 Å². The molecular formula is C65H81NO4. The molecule has 8 aromatic rings. The van der Waals surface area contributed by atoms with Crippen molar-refractivity contribution in [1.82, 2.24) is 4.90 Å². The summed E-state index contributed by atoms with van der Waals surface area (Å²) in [5.41, 5.74) is 3.79.